The second-order valence-corrected chi connectivity index (χ2v) is 4.80. The van der Waals surface area contributed by atoms with Crippen LogP contribution in [0.15, 0.2) is 10.6 Å². The highest BCUT2D eigenvalue weighted by molar-refractivity contribution is 5.14. The number of hydrogen-bond donors (Lipinski definition) is 1. The van der Waals surface area contributed by atoms with Gasteiger partial charge < -0.3 is 9.84 Å². The Balaban J connectivity index is 2.07. The fraction of sp³-hybridized carbons (Fsp3) is 0.750. The first-order valence-corrected chi connectivity index (χ1v) is 5.88. The fourth-order valence-corrected chi connectivity index (χ4v) is 2.13. The molecule has 0 bridgehead atoms. The predicted molar refractivity (Wildman–Crippen MR) is 60.0 cm³/mol. The summed E-state index contributed by atoms with van der Waals surface area (Å²) in [5.41, 5.74) is 1.10. The molecule has 0 aliphatic carbocycles. The average Bonchev–Trinajstić information content (AvgIpc) is 2.88. The van der Waals surface area contributed by atoms with Crippen molar-refractivity contribution in [3.8, 4) is 0 Å². The van der Waals surface area contributed by atoms with Crippen molar-refractivity contribution in [1.82, 2.24) is 10.5 Å². The normalized spacial score (nSPS) is 23.6. The Labute approximate surface area is 91.2 Å². The topological polar surface area (TPSA) is 38.1 Å². The van der Waals surface area contributed by atoms with E-state index in [1.165, 1.54) is 12.8 Å². The predicted octanol–water partition coefficient (Wildman–Crippen LogP) is 2.65. The molecule has 0 aromatic carbocycles. The molecule has 2 heterocycles. The number of nitrogens with zero attached hydrogens (tertiary/aromatic N) is 1. The standard InChI is InChI=1S/C12H20N2O/c1-8(2)12-7-11(14-15-12)9(3)10-5-4-6-13-10/h7-10,13H,4-6H2,1-3H3. The number of aromatic nitrogens is 1. The van der Waals surface area contributed by atoms with Crippen molar-refractivity contribution < 1.29 is 4.52 Å². The van der Waals surface area contributed by atoms with E-state index < -0.39 is 0 Å². The van der Waals surface area contributed by atoms with Crippen LogP contribution in [0.25, 0.3) is 0 Å². The molecule has 0 saturated carbocycles. The van der Waals surface area contributed by atoms with Gasteiger partial charge in [0.1, 0.15) is 5.76 Å². The first-order valence-electron chi connectivity index (χ1n) is 5.88. The zero-order valence-corrected chi connectivity index (χ0v) is 9.79. The number of hydrogen-bond acceptors (Lipinski definition) is 3. The van der Waals surface area contributed by atoms with Crippen molar-refractivity contribution >= 4 is 0 Å². The van der Waals surface area contributed by atoms with Gasteiger partial charge in [0.2, 0.25) is 0 Å². The van der Waals surface area contributed by atoms with Crippen molar-refractivity contribution in [2.24, 2.45) is 0 Å². The molecule has 0 spiro atoms. The average molecular weight is 208 g/mol. The Morgan fingerprint density at radius 1 is 1.47 bits per heavy atom. The van der Waals surface area contributed by atoms with E-state index in [4.69, 9.17) is 4.52 Å². The third kappa shape index (κ3) is 2.23. The van der Waals surface area contributed by atoms with Crippen LogP contribution in [0.4, 0.5) is 0 Å². The fourth-order valence-electron chi connectivity index (χ4n) is 2.13. The summed E-state index contributed by atoms with van der Waals surface area (Å²) in [5, 5.41) is 7.68. The molecule has 1 N–H and O–H groups in total. The quantitative estimate of drug-likeness (QED) is 0.830. The minimum atomic E-state index is 0.426. The summed E-state index contributed by atoms with van der Waals surface area (Å²) in [4.78, 5) is 0. The summed E-state index contributed by atoms with van der Waals surface area (Å²) in [6, 6.07) is 2.69. The summed E-state index contributed by atoms with van der Waals surface area (Å²) >= 11 is 0. The third-order valence-corrected chi connectivity index (χ3v) is 3.28. The van der Waals surface area contributed by atoms with Gasteiger partial charge in [-0.25, -0.2) is 0 Å². The molecule has 1 aliphatic heterocycles. The van der Waals surface area contributed by atoms with Gasteiger partial charge in [0, 0.05) is 23.9 Å². The molecule has 1 aliphatic rings. The molecular formula is C12H20N2O. The zero-order valence-electron chi connectivity index (χ0n) is 9.79. The maximum Gasteiger partial charge on any atom is 0.139 e. The summed E-state index contributed by atoms with van der Waals surface area (Å²) in [6.07, 6.45) is 2.54. The van der Waals surface area contributed by atoms with E-state index in [0.717, 1.165) is 18.0 Å². The molecular weight excluding hydrogens is 188 g/mol. The molecule has 15 heavy (non-hydrogen) atoms. The lowest BCUT2D eigenvalue weighted by Crippen LogP contribution is -2.27. The molecule has 2 atom stereocenters. The van der Waals surface area contributed by atoms with E-state index in [-0.39, 0.29) is 0 Å². The van der Waals surface area contributed by atoms with Crippen molar-refractivity contribution in [3.63, 3.8) is 0 Å². The summed E-state index contributed by atoms with van der Waals surface area (Å²) in [5.74, 6) is 1.88. The highest BCUT2D eigenvalue weighted by Gasteiger charge is 2.24. The minimum Gasteiger partial charge on any atom is -0.361 e. The van der Waals surface area contributed by atoms with Gasteiger partial charge >= 0.3 is 0 Å². The van der Waals surface area contributed by atoms with Crippen LogP contribution in [0.2, 0.25) is 0 Å². The molecule has 2 unspecified atom stereocenters. The molecule has 0 radical (unpaired) electrons. The van der Waals surface area contributed by atoms with Gasteiger partial charge in [-0.15, -0.1) is 0 Å². The van der Waals surface area contributed by atoms with Gasteiger partial charge in [0.25, 0.3) is 0 Å². The van der Waals surface area contributed by atoms with Crippen LogP contribution in [-0.4, -0.2) is 17.7 Å². The molecule has 1 aromatic rings. The zero-order chi connectivity index (χ0) is 10.8. The third-order valence-electron chi connectivity index (χ3n) is 3.28. The van der Waals surface area contributed by atoms with Crippen LogP contribution in [0.5, 0.6) is 0 Å². The Morgan fingerprint density at radius 3 is 2.80 bits per heavy atom. The largest absolute Gasteiger partial charge is 0.361 e. The van der Waals surface area contributed by atoms with Crippen LogP contribution in [0.1, 0.15) is 56.9 Å². The summed E-state index contributed by atoms with van der Waals surface area (Å²) in [6.45, 7) is 7.63. The molecule has 1 fully saturated rings. The van der Waals surface area contributed by atoms with Crippen molar-refractivity contribution in [3.05, 3.63) is 17.5 Å². The second kappa shape index (κ2) is 4.35. The Kier molecular flexibility index (Phi) is 3.10. The van der Waals surface area contributed by atoms with Crippen molar-refractivity contribution in [2.45, 2.75) is 51.5 Å². The first-order chi connectivity index (χ1) is 7.18. The van der Waals surface area contributed by atoms with Gasteiger partial charge in [-0.05, 0) is 19.4 Å². The minimum absolute atomic E-state index is 0.426. The van der Waals surface area contributed by atoms with Gasteiger partial charge in [-0.1, -0.05) is 25.9 Å². The van der Waals surface area contributed by atoms with Crippen LogP contribution in [0.3, 0.4) is 0 Å². The van der Waals surface area contributed by atoms with Crippen LogP contribution >= 0.6 is 0 Å². The molecule has 3 nitrogen and oxygen atoms in total. The molecule has 3 heteroatoms. The first kappa shape index (κ1) is 10.7. The van der Waals surface area contributed by atoms with Crippen LogP contribution in [0, 0.1) is 0 Å². The highest BCUT2D eigenvalue weighted by atomic mass is 16.5. The van der Waals surface area contributed by atoms with Gasteiger partial charge in [-0.2, -0.15) is 0 Å². The maximum absolute atomic E-state index is 5.33. The smallest absolute Gasteiger partial charge is 0.139 e. The van der Waals surface area contributed by atoms with E-state index in [9.17, 15) is 0 Å². The van der Waals surface area contributed by atoms with Crippen molar-refractivity contribution in [1.29, 1.82) is 0 Å². The van der Waals surface area contributed by atoms with E-state index in [2.05, 4.69) is 37.3 Å². The van der Waals surface area contributed by atoms with E-state index in [1.54, 1.807) is 0 Å². The summed E-state index contributed by atoms with van der Waals surface area (Å²) in [7, 11) is 0. The van der Waals surface area contributed by atoms with Gasteiger partial charge in [-0.3, -0.25) is 0 Å². The molecule has 1 saturated heterocycles. The molecule has 84 valence electrons. The maximum atomic E-state index is 5.33. The molecule has 1 aromatic heterocycles. The lowest BCUT2D eigenvalue weighted by molar-refractivity contribution is 0.357. The van der Waals surface area contributed by atoms with Crippen LogP contribution < -0.4 is 5.32 Å². The van der Waals surface area contributed by atoms with Crippen molar-refractivity contribution in [2.75, 3.05) is 6.54 Å². The Bertz CT molecular complexity index is 313. The van der Waals surface area contributed by atoms with E-state index in [0.29, 0.717) is 17.9 Å². The molecule has 2 rings (SSSR count). The summed E-state index contributed by atoms with van der Waals surface area (Å²) < 4.78 is 5.33. The number of rotatable bonds is 3. The Hall–Kier alpha value is -0.830. The molecule has 0 amide bonds. The van der Waals surface area contributed by atoms with Gasteiger partial charge in [0.05, 0.1) is 5.69 Å². The van der Waals surface area contributed by atoms with E-state index >= 15 is 0 Å². The van der Waals surface area contributed by atoms with E-state index in [1.807, 2.05) is 0 Å². The lowest BCUT2D eigenvalue weighted by Gasteiger charge is -2.16. The lowest BCUT2D eigenvalue weighted by atomic mass is 9.96. The van der Waals surface area contributed by atoms with Gasteiger partial charge in [0.15, 0.2) is 0 Å². The monoisotopic (exact) mass is 208 g/mol. The highest BCUT2D eigenvalue weighted by Crippen LogP contribution is 2.26. The number of nitrogens with one attached hydrogen (secondary N) is 1. The van der Waals surface area contributed by atoms with Crippen LogP contribution in [-0.2, 0) is 0 Å². The SMILES string of the molecule is CC(C)c1cc(C(C)C2CCCN2)no1. The second-order valence-electron chi connectivity index (χ2n) is 4.80. The Morgan fingerprint density at radius 2 is 2.27 bits per heavy atom.